The van der Waals surface area contributed by atoms with Crippen molar-refractivity contribution in [3.63, 3.8) is 0 Å². The molecule has 1 heterocycles. The fraction of sp³-hybridized carbons (Fsp3) is 0.273. The van der Waals surface area contributed by atoms with Crippen molar-refractivity contribution in [2.45, 2.75) is 13.2 Å². The van der Waals surface area contributed by atoms with Gasteiger partial charge in [-0.15, -0.1) is 5.10 Å². The minimum atomic E-state index is -0.0913. The Morgan fingerprint density at radius 2 is 2.19 bits per heavy atom. The Morgan fingerprint density at radius 1 is 1.38 bits per heavy atom. The molecule has 1 aromatic carbocycles. The van der Waals surface area contributed by atoms with Crippen LogP contribution in [0.3, 0.4) is 0 Å². The van der Waals surface area contributed by atoms with Crippen LogP contribution in [0.25, 0.3) is 0 Å². The molecule has 0 saturated carbocycles. The van der Waals surface area contributed by atoms with E-state index < -0.39 is 0 Å². The highest BCUT2D eigenvalue weighted by Crippen LogP contribution is 2.17. The summed E-state index contributed by atoms with van der Waals surface area (Å²) in [6.07, 6.45) is 1.71. The van der Waals surface area contributed by atoms with Crippen LogP contribution in [0.4, 0.5) is 0 Å². The predicted octanol–water partition coefficient (Wildman–Crippen LogP) is 0.827. The molecule has 2 aromatic rings. The van der Waals surface area contributed by atoms with Gasteiger partial charge in [-0.2, -0.15) is 0 Å². The highest BCUT2D eigenvalue weighted by Gasteiger charge is 2.04. The highest BCUT2D eigenvalue weighted by atomic mass is 16.5. The number of ether oxygens (including phenoxy) is 1. The average Bonchev–Trinajstić information content (AvgIpc) is 2.77. The van der Waals surface area contributed by atoms with E-state index in [0.717, 1.165) is 11.3 Å². The first-order chi connectivity index (χ1) is 7.83. The molecule has 0 fully saturated rings. The number of aliphatic hydroxyl groups is 1. The maximum absolute atomic E-state index is 8.88. The summed E-state index contributed by atoms with van der Waals surface area (Å²) in [5.41, 5.74) is 1.59. The number of aliphatic hydroxyl groups excluding tert-OH is 1. The Balaban J connectivity index is 2.19. The second-order valence-corrected chi connectivity index (χ2v) is 3.38. The normalized spacial score (nSPS) is 10.4. The molecule has 0 amide bonds. The van der Waals surface area contributed by atoms with Crippen molar-refractivity contribution in [1.29, 1.82) is 0 Å². The lowest BCUT2D eigenvalue weighted by atomic mass is 10.2. The number of rotatable bonds is 4. The average molecular weight is 219 g/mol. The van der Waals surface area contributed by atoms with Gasteiger partial charge in [0.25, 0.3) is 0 Å². The maximum atomic E-state index is 8.88. The van der Waals surface area contributed by atoms with Crippen LogP contribution in [0.2, 0.25) is 0 Å². The van der Waals surface area contributed by atoms with Gasteiger partial charge < -0.3 is 9.84 Å². The van der Waals surface area contributed by atoms with Crippen LogP contribution in [-0.2, 0) is 13.2 Å². The Hall–Kier alpha value is -1.88. The summed E-state index contributed by atoms with van der Waals surface area (Å²) in [7, 11) is 1.64. The lowest BCUT2D eigenvalue weighted by Crippen LogP contribution is -2.02. The summed E-state index contributed by atoms with van der Waals surface area (Å²) in [4.78, 5) is 0. The van der Waals surface area contributed by atoms with Gasteiger partial charge in [-0.1, -0.05) is 23.4 Å². The molecule has 0 aliphatic rings. The summed E-state index contributed by atoms with van der Waals surface area (Å²) in [6.45, 7) is 0.489. The van der Waals surface area contributed by atoms with Gasteiger partial charge in [0.15, 0.2) is 0 Å². The summed E-state index contributed by atoms with van der Waals surface area (Å²) in [6, 6.07) is 7.74. The molecular formula is C11H13N3O2. The summed E-state index contributed by atoms with van der Waals surface area (Å²) in [5, 5.41) is 16.6. The molecule has 0 unspecified atom stereocenters. The van der Waals surface area contributed by atoms with E-state index >= 15 is 0 Å². The van der Waals surface area contributed by atoms with E-state index in [2.05, 4.69) is 10.3 Å². The van der Waals surface area contributed by atoms with Crippen LogP contribution in [0.1, 0.15) is 11.3 Å². The summed E-state index contributed by atoms with van der Waals surface area (Å²) >= 11 is 0. The van der Waals surface area contributed by atoms with E-state index in [1.807, 2.05) is 24.3 Å². The molecule has 2 rings (SSSR count). The number of para-hydroxylation sites is 1. The highest BCUT2D eigenvalue weighted by molar-refractivity contribution is 5.33. The quantitative estimate of drug-likeness (QED) is 0.827. The lowest BCUT2D eigenvalue weighted by Gasteiger charge is -2.07. The van der Waals surface area contributed by atoms with Gasteiger partial charge in [0.05, 0.1) is 26.5 Å². The van der Waals surface area contributed by atoms with E-state index in [0.29, 0.717) is 12.2 Å². The third-order valence-corrected chi connectivity index (χ3v) is 2.27. The van der Waals surface area contributed by atoms with Crippen LogP contribution < -0.4 is 4.74 Å². The number of hydrogen-bond donors (Lipinski definition) is 1. The summed E-state index contributed by atoms with van der Waals surface area (Å²) < 4.78 is 6.91. The lowest BCUT2D eigenvalue weighted by molar-refractivity contribution is 0.276. The molecule has 0 radical (unpaired) electrons. The van der Waals surface area contributed by atoms with Crippen molar-refractivity contribution in [3.8, 4) is 5.75 Å². The van der Waals surface area contributed by atoms with Gasteiger partial charge >= 0.3 is 0 Å². The van der Waals surface area contributed by atoms with Crippen molar-refractivity contribution in [3.05, 3.63) is 41.7 Å². The molecule has 0 spiro atoms. The fourth-order valence-corrected chi connectivity index (χ4v) is 1.50. The first kappa shape index (κ1) is 10.6. The number of hydrogen-bond acceptors (Lipinski definition) is 4. The second-order valence-electron chi connectivity index (χ2n) is 3.38. The topological polar surface area (TPSA) is 60.2 Å². The molecule has 5 nitrogen and oxygen atoms in total. The van der Waals surface area contributed by atoms with Crippen molar-refractivity contribution >= 4 is 0 Å². The number of nitrogens with zero attached hydrogens (tertiary/aromatic N) is 3. The molecule has 0 aliphatic carbocycles. The molecule has 16 heavy (non-hydrogen) atoms. The zero-order valence-corrected chi connectivity index (χ0v) is 9.00. The Morgan fingerprint density at radius 3 is 2.88 bits per heavy atom. The van der Waals surface area contributed by atoms with Crippen molar-refractivity contribution in [2.75, 3.05) is 7.11 Å². The van der Waals surface area contributed by atoms with Gasteiger partial charge in [0, 0.05) is 5.56 Å². The standard InChI is InChI=1S/C11H13N3O2/c1-16-11-5-3-2-4-9(11)6-14-7-10(8-15)12-13-14/h2-5,7,15H,6,8H2,1H3. The number of benzene rings is 1. The molecule has 0 atom stereocenters. The molecule has 84 valence electrons. The van der Waals surface area contributed by atoms with Crippen LogP contribution in [-0.4, -0.2) is 27.2 Å². The van der Waals surface area contributed by atoms with Crippen LogP contribution in [0, 0.1) is 0 Å². The Bertz CT molecular complexity index is 468. The maximum Gasteiger partial charge on any atom is 0.123 e. The first-order valence-corrected chi connectivity index (χ1v) is 4.95. The van der Waals surface area contributed by atoms with E-state index in [-0.39, 0.29) is 6.61 Å². The number of aromatic nitrogens is 3. The molecular weight excluding hydrogens is 206 g/mol. The van der Waals surface area contributed by atoms with Crippen LogP contribution in [0.15, 0.2) is 30.5 Å². The van der Waals surface area contributed by atoms with E-state index in [1.54, 1.807) is 18.0 Å². The van der Waals surface area contributed by atoms with E-state index in [9.17, 15) is 0 Å². The van der Waals surface area contributed by atoms with Crippen molar-refractivity contribution < 1.29 is 9.84 Å². The molecule has 1 aromatic heterocycles. The van der Waals surface area contributed by atoms with Gasteiger partial charge in [-0.05, 0) is 6.07 Å². The fourth-order valence-electron chi connectivity index (χ4n) is 1.50. The van der Waals surface area contributed by atoms with Gasteiger partial charge in [-0.3, -0.25) is 0 Å². The zero-order chi connectivity index (χ0) is 11.4. The van der Waals surface area contributed by atoms with Gasteiger partial charge in [-0.25, -0.2) is 4.68 Å². The monoisotopic (exact) mass is 219 g/mol. The Kier molecular flexibility index (Phi) is 3.16. The van der Waals surface area contributed by atoms with Crippen molar-refractivity contribution in [1.82, 2.24) is 15.0 Å². The smallest absolute Gasteiger partial charge is 0.123 e. The van der Waals surface area contributed by atoms with Gasteiger partial charge in [0.1, 0.15) is 11.4 Å². The first-order valence-electron chi connectivity index (χ1n) is 4.95. The second kappa shape index (κ2) is 4.76. The number of methoxy groups -OCH3 is 1. The van der Waals surface area contributed by atoms with Crippen LogP contribution >= 0.6 is 0 Å². The van der Waals surface area contributed by atoms with Crippen molar-refractivity contribution in [2.24, 2.45) is 0 Å². The predicted molar refractivity (Wildman–Crippen MR) is 58.0 cm³/mol. The minimum absolute atomic E-state index is 0.0913. The third-order valence-electron chi connectivity index (χ3n) is 2.27. The molecule has 5 heteroatoms. The molecule has 0 bridgehead atoms. The zero-order valence-electron chi connectivity index (χ0n) is 9.00. The van der Waals surface area contributed by atoms with E-state index in [1.165, 1.54) is 0 Å². The van der Waals surface area contributed by atoms with E-state index in [4.69, 9.17) is 9.84 Å². The molecule has 1 N–H and O–H groups in total. The molecule has 0 aliphatic heterocycles. The summed E-state index contributed by atoms with van der Waals surface area (Å²) in [5.74, 6) is 0.823. The SMILES string of the molecule is COc1ccccc1Cn1cc(CO)nn1. The van der Waals surface area contributed by atoms with Gasteiger partial charge in [0.2, 0.25) is 0 Å². The third kappa shape index (κ3) is 2.20. The largest absolute Gasteiger partial charge is 0.496 e. The Labute approximate surface area is 93.3 Å². The minimum Gasteiger partial charge on any atom is -0.496 e. The molecule has 0 saturated heterocycles. The van der Waals surface area contributed by atoms with Crippen LogP contribution in [0.5, 0.6) is 5.75 Å².